The molecule has 1 nitrogen and oxygen atoms in total. The Morgan fingerprint density at radius 3 is 2.15 bits per heavy atom. The van der Waals surface area contributed by atoms with E-state index >= 15 is 0 Å². The highest BCUT2D eigenvalue weighted by Gasteiger charge is 2.48. The Labute approximate surface area is 119 Å². The molecule has 20 heavy (non-hydrogen) atoms. The Morgan fingerprint density at radius 1 is 1.00 bits per heavy atom. The largest absolute Gasteiger partial charge is 0.484 e. The molecular formula is C15H18F3OS+. The van der Waals surface area contributed by atoms with Gasteiger partial charge in [-0.25, -0.2) is 0 Å². The van der Waals surface area contributed by atoms with Crippen LogP contribution in [0.15, 0.2) is 29.2 Å². The molecule has 2 unspecified atom stereocenters. The molecular weight excluding hydrogens is 285 g/mol. The molecule has 0 amide bonds. The molecule has 0 aromatic heterocycles. The van der Waals surface area contributed by atoms with E-state index in [9.17, 15) is 13.2 Å². The third-order valence-electron chi connectivity index (χ3n) is 4.08. The molecule has 2 heterocycles. The summed E-state index contributed by atoms with van der Waals surface area (Å²) in [4.78, 5) is 1.30. The van der Waals surface area contributed by atoms with Crippen molar-refractivity contribution in [2.75, 3.05) is 6.61 Å². The molecule has 110 valence electrons. The van der Waals surface area contributed by atoms with E-state index in [1.807, 2.05) is 12.1 Å². The van der Waals surface area contributed by atoms with Gasteiger partial charge in [-0.05, 0) is 43.5 Å². The number of ether oxygens (including phenoxy) is 1. The molecule has 1 aromatic carbocycles. The van der Waals surface area contributed by atoms with Crippen LogP contribution in [-0.4, -0.2) is 23.3 Å². The van der Waals surface area contributed by atoms with E-state index in [1.165, 1.54) is 37.0 Å². The Kier molecular flexibility index (Phi) is 3.89. The Balaban J connectivity index is 1.67. The average molecular weight is 303 g/mol. The van der Waals surface area contributed by atoms with Gasteiger partial charge in [-0.1, -0.05) is 0 Å². The molecule has 0 aliphatic carbocycles. The summed E-state index contributed by atoms with van der Waals surface area (Å²) in [5.74, 6) is 0.305. The fraction of sp³-hybridized carbons (Fsp3) is 0.600. The van der Waals surface area contributed by atoms with Crippen LogP contribution >= 0.6 is 0 Å². The summed E-state index contributed by atoms with van der Waals surface area (Å²) in [5.41, 5.74) is 0. The second-order valence-corrected chi connectivity index (χ2v) is 8.05. The van der Waals surface area contributed by atoms with Gasteiger partial charge in [0, 0.05) is 23.7 Å². The summed E-state index contributed by atoms with van der Waals surface area (Å²) in [7, 11) is 0.306. The summed E-state index contributed by atoms with van der Waals surface area (Å²) in [6, 6.07) is 7.29. The first-order valence-corrected chi connectivity index (χ1v) is 8.39. The van der Waals surface area contributed by atoms with Crippen LogP contribution < -0.4 is 4.74 Å². The van der Waals surface area contributed by atoms with Crippen LogP contribution in [-0.2, 0) is 10.9 Å². The predicted molar refractivity (Wildman–Crippen MR) is 74.3 cm³/mol. The van der Waals surface area contributed by atoms with Crippen LogP contribution in [0.2, 0.25) is 0 Å². The van der Waals surface area contributed by atoms with E-state index in [0.29, 0.717) is 16.6 Å². The van der Waals surface area contributed by atoms with Gasteiger partial charge in [0.2, 0.25) is 0 Å². The lowest BCUT2D eigenvalue weighted by atomic mass is 10.2. The van der Waals surface area contributed by atoms with Crippen LogP contribution in [0.1, 0.15) is 32.1 Å². The highest BCUT2D eigenvalue weighted by atomic mass is 32.2. The van der Waals surface area contributed by atoms with Crippen molar-refractivity contribution < 1.29 is 17.9 Å². The average Bonchev–Trinajstić information content (AvgIpc) is 2.66. The van der Waals surface area contributed by atoms with Crippen molar-refractivity contribution >= 4 is 10.9 Å². The highest BCUT2D eigenvalue weighted by Crippen LogP contribution is 2.44. The Hall–Kier alpha value is -0.840. The molecule has 2 aliphatic rings. The quantitative estimate of drug-likeness (QED) is 0.756. The van der Waals surface area contributed by atoms with Gasteiger partial charge in [0.05, 0.1) is 0 Å². The second-order valence-electron chi connectivity index (χ2n) is 5.50. The number of alkyl halides is 3. The summed E-state index contributed by atoms with van der Waals surface area (Å²) in [5, 5.41) is 1.60. The van der Waals surface area contributed by atoms with Gasteiger partial charge >= 0.3 is 6.18 Å². The first-order valence-electron chi connectivity index (χ1n) is 7.04. The first-order chi connectivity index (χ1) is 9.53. The minimum atomic E-state index is -4.27. The molecule has 2 bridgehead atoms. The van der Waals surface area contributed by atoms with Crippen molar-refractivity contribution in [1.29, 1.82) is 0 Å². The van der Waals surface area contributed by atoms with Gasteiger partial charge in [0.15, 0.2) is 11.5 Å². The molecule has 5 heteroatoms. The van der Waals surface area contributed by atoms with E-state index in [2.05, 4.69) is 0 Å². The number of fused-ring (bicyclic) bond motifs is 2. The maximum absolute atomic E-state index is 12.1. The van der Waals surface area contributed by atoms with E-state index in [4.69, 9.17) is 4.74 Å². The Morgan fingerprint density at radius 2 is 1.60 bits per heavy atom. The SMILES string of the molecule is FC(F)(F)COc1ccc([S+]2C3CCCC2CC3)cc1. The van der Waals surface area contributed by atoms with Crippen LogP contribution in [0.4, 0.5) is 13.2 Å². The smallest absolute Gasteiger partial charge is 0.422 e. The molecule has 0 radical (unpaired) electrons. The minimum absolute atomic E-state index is 0.305. The first kappa shape index (κ1) is 14.1. The fourth-order valence-corrected chi connectivity index (χ4v) is 6.64. The van der Waals surface area contributed by atoms with Gasteiger partial charge in [-0.3, -0.25) is 0 Å². The molecule has 2 saturated heterocycles. The van der Waals surface area contributed by atoms with Crippen molar-refractivity contribution in [2.45, 2.75) is 53.7 Å². The molecule has 0 N–H and O–H groups in total. The zero-order valence-electron chi connectivity index (χ0n) is 11.2. The molecule has 0 spiro atoms. The molecule has 2 aliphatic heterocycles. The lowest BCUT2D eigenvalue weighted by Crippen LogP contribution is -2.28. The number of rotatable bonds is 3. The summed E-state index contributed by atoms with van der Waals surface area (Å²) < 4.78 is 41.1. The minimum Gasteiger partial charge on any atom is -0.484 e. The van der Waals surface area contributed by atoms with Crippen LogP contribution in [0.25, 0.3) is 0 Å². The van der Waals surface area contributed by atoms with Gasteiger partial charge in [0.25, 0.3) is 0 Å². The van der Waals surface area contributed by atoms with Crippen molar-refractivity contribution in [3.8, 4) is 5.75 Å². The van der Waals surface area contributed by atoms with E-state index in [0.717, 1.165) is 10.5 Å². The third kappa shape index (κ3) is 3.08. The van der Waals surface area contributed by atoms with Crippen molar-refractivity contribution in [3.05, 3.63) is 24.3 Å². The van der Waals surface area contributed by atoms with Crippen LogP contribution in [0.3, 0.4) is 0 Å². The summed E-state index contributed by atoms with van der Waals surface area (Å²) >= 11 is 0. The summed E-state index contributed by atoms with van der Waals surface area (Å²) in [6.07, 6.45) is 2.33. The van der Waals surface area contributed by atoms with Crippen molar-refractivity contribution in [3.63, 3.8) is 0 Å². The predicted octanol–water partition coefficient (Wildman–Crippen LogP) is 4.32. The normalized spacial score (nSPS) is 29.4. The van der Waals surface area contributed by atoms with E-state index < -0.39 is 12.8 Å². The molecule has 2 atom stereocenters. The molecule has 3 rings (SSSR count). The van der Waals surface area contributed by atoms with E-state index in [-0.39, 0.29) is 0 Å². The standard InChI is InChI=1S/C15H18F3OS/c16-15(17,18)10-19-11-4-6-14(7-5-11)20-12-2-1-3-13(20)9-8-12/h4-7,12-13H,1-3,8-10H2/q+1. The topological polar surface area (TPSA) is 9.23 Å². The lowest BCUT2D eigenvalue weighted by Gasteiger charge is -2.21. The van der Waals surface area contributed by atoms with Gasteiger partial charge in [-0.15, -0.1) is 0 Å². The number of halogens is 3. The third-order valence-corrected chi connectivity index (χ3v) is 7.28. The summed E-state index contributed by atoms with van der Waals surface area (Å²) in [6.45, 7) is -1.22. The van der Waals surface area contributed by atoms with Crippen LogP contribution in [0.5, 0.6) is 5.75 Å². The number of hydrogen-bond donors (Lipinski definition) is 0. The van der Waals surface area contributed by atoms with Gasteiger partial charge in [-0.2, -0.15) is 13.2 Å². The number of benzene rings is 1. The van der Waals surface area contributed by atoms with Crippen molar-refractivity contribution in [2.24, 2.45) is 0 Å². The lowest BCUT2D eigenvalue weighted by molar-refractivity contribution is -0.153. The zero-order chi connectivity index (χ0) is 14.2. The molecule has 1 aromatic rings. The Bertz CT molecular complexity index is 441. The second kappa shape index (κ2) is 5.51. The highest BCUT2D eigenvalue weighted by molar-refractivity contribution is 7.98. The fourth-order valence-electron chi connectivity index (χ4n) is 3.26. The van der Waals surface area contributed by atoms with Crippen molar-refractivity contribution in [1.82, 2.24) is 0 Å². The van der Waals surface area contributed by atoms with Gasteiger partial charge < -0.3 is 4.74 Å². The maximum Gasteiger partial charge on any atom is 0.422 e. The number of hydrogen-bond acceptors (Lipinski definition) is 1. The maximum atomic E-state index is 12.1. The zero-order valence-corrected chi connectivity index (χ0v) is 12.0. The van der Waals surface area contributed by atoms with E-state index in [1.54, 1.807) is 12.1 Å². The van der Waals surface area contributed by atoms with Gasteiger partial charge in [0.1, 0.15) is 16.2 Å². The molecule has 2 fully saturated rings. The molecule has 0 saturated carbocycles. The van der Waals surface area contributed by atoms with Crippen LogP contribution in [0, 0.1) is 0 Å². The monoisotopic (exact) mass is 303 g/mol.